The Morgan fingerprint density at radius 2 is 1.91 bits per heavy atom. The molecule has 0 radical (unpaired) electrons. The van der Waals surface area contributed by atoms with E-state index in [1.807, 2.05) is 0 Å². The van der Waals surface area contributed by atoms with Gasteiger partial charge in [0.05, 0.1) is 0 Å². The number of halogens is 2. The van der Waals surface area contributed by atoms with Gasteiger partial charge in [-0.15, -0.1) is 12.4 Å². The zero-order chi connectivity index (χ0) is 15.7. The maximum Gasteiger partial charge on any atom is 0.245 e. The number of hydrogen-bond acceptors (Lipinski definition) is 3. The van der Waals surface area contributed by atoms with E-state index in [1.54, 1.807) is 13.0 Å². The summed E-state index contributed by atoms with van der Waals surface area (Å²) in [4.78, 5) is -0.190. The van der Waals surface area contributed by atoms with Crippen LogP contribution >= 0.6 is 12.4 Å². The molecule has 7 heteroatoms. The maximum absolute atomic E-state index is 13.9. The number of rotatable bonds is 3. The van der Waals surface area contributed by atoms with Crippen LogP contribution in [-0.4, -0.2) is 38.4 Å². The monoisotopic (exact) mass is 362 g/mol. The molecule has 130 valence electrons. The number of sulfonamides is 1. The molecule has 3 rings (SSSR count). The van der Waals surface area contributed by atoms with Crippen LogP contribution in [0.25, 0.3) is 0 Å². The summed E-state index contributed by atoms with van der Waals surface area (Å²) in [7, 11) is -3.72. The highest BCUT2D eigenvalue weighted by Gasteiger charge is 2.34. The van der Waals surface area contributed by atoms with Gasteiger partial charge in [0.15, 0.2) is 0 Å². The van der Waals surface area contributed by atoms with Crippen LogP contribution in [0.15, 0.2) is 23.1 Å². The lowest BCUT2D eigenvalue weighted by molar-refractivity contribution is 0.233. The van der Waals surface area contributed by atoms with Gasteiger partial charge in [-0.25, -0.2) is 12.8 Å². The Hall–Kier alpha value is -0.690. The SMILES string of the molecule is Cc1ccc(F)c(S(=O)(=O)N2CCC(C3CCCN3)CC2)c1.Cl. The molecule has 1 aromatic carbocycles. The van der Waals surface area contributed by atoms with E-state index < -0.39 is 15.8 Å². The van der Waals surface area contributed by atoms with Crippen molar-refractivity contribution in [1.82, 2.24) is 9.62 Å². The van der Waals surface area contributed by atoms with Crippen LogP contribution < -0.4 is 5.32 Å². The van der Waals surface area contributed by atoms with Crippen LogP contribution in [0.4, 0.5) is 4.39 Å². The van der Waals surface area contributed by atoms with Crippen molar-refractivity contribution in [3.63, 3.8) is 0 Å². The first-order valence-corrected chi connectivity index (χ1v) is 9.42. The Morgan fingerprint density at radius 3 is 2.52 bits per heavy atom. The van der Waals surface area contributed by atoms with Crippen molar-refractivity contribution in [2.24, 2.45) is 5.92 Å². The number of nitrogens with zero attached hydrogens (tertiary/aromatic N) is 1. The molecule has 0 aromatic heterocycles. The minimum absolute atomic E-state index is 0. The second-order valence-electron chi connectivity index (χ2n) is 6.38. The van der Waals surface area contributed by atoms with E-state index in [2.05, 4.69) is 5.32 Å². The number of aryl methyl sites for hydroxylation is 1. The molecule has 2 heterocycles. The fourth-order valence-corrected chi connectivity index (χ4v) is 5.20. The molecule has 1 unspecified atom stereocenters. The molecular formula is C16H24ClFN2O2S. The summed E-state index contributed by atoms with van der Waals surface area (Å²) in [5, 5.41) is 3.50. The van der Waals surface area contributed by atoms with Gasteiger partial charge in [0.2, 0.25) is 10.0 Å². The van der Waals surface area contributed by atoms with Crippen LogP contribution in [0.2, 0.25) is 0 Å². The zero-order valence-electron chi connectivity index (χ0n) is 13.3. The molecule has 1 N–H and O–H groups in total. The number of benzene rings is 1. The van der Waals surface area contributed by atoms with Gasteiger partial charge < -0.3 is 5.32 Å². The third-order valence-corrected chi connectivity index (χ3v) is 6.78. The normalized spacial score (nSPS) is 23.7. The van der Waals surface area contributed by atoms with Crippen molar-refractivity contribution in [3.05, 3.63) is 29.6 Å². The van der Waals surface area contributed by atoms with Gasteiger partial charge in [-0.05, 0) is 62.8 Å². The summed E-state index contributed by atoms with van der Waals surface area (Å²) >= 11 is 0. The third kappa shape index (κ3) is 3.87. The predicted molar refractivity (Wildman–Crippen MR) is 90.9 cm³/mol. The Morgan fingerprint density at radius 1 is 1.22 bits per heavy atom. The first-order chi connectivity index (χ1) is 10.5. The van der Waals surface area contributed by atoms with Crippen LogP contribution in [0.5, 0.6) is 0 Å². The average Bonchev–Trinajstić information content (AvgIpc) is 3.04. The minimum atomic E-state index is -3.72. The molecule has 0 saturated carbocycles. The summed E-state index contributed by atoms with van der Waals surface area (Å²) in [6.45, 7) is 3.81. The largest absolute Gasteiger partial charge is 0.314 e. The molecule has 4 nitrogen and oxygen atoms in total. The second kappa shape index (κ2) is 7.47. The summed E-state index contributed by atoms with van der Waals surface area (Å²) in [6.07, 6.45) is 4.09. The van der Waals surface area contributed by atoms with Gasteiger partial charge in [-0.3, -0.25) is 0 Å². The fraction of sp³-hybridized carbons (Fsp3) is 0.625. The van der Waals surface area contributed by atoms with Crippen molar-refractivity contribution in [2.45, 2.75) is 43.5 Å². The second-order valence-corrected chi connectivity index (χ2v) is 8.28. The van der Waals surface area contributed by atoms with Crippen LogP contribution in [-0.2, 0) is 10.0 Å². The van der Waals surface area contributed by atoms with E-state index in [4.69, 9.17) is 0 Å². The topological polar surface area (TPSA) is 49.4 Å². The highest BCUT2D eigenvalue weighted by atomic mass is 35.5. The van der Waals surface area contributed by atoms with E-state index in [1.165, 1.54) is 29.3 Å². The quantitative estimate of drug-likeness (QED) is 0.899. The molecule has 0 bridgehead atoms. The summed E-state index contributed by atoms with van der Waals surface area (Å²) < 4.78 is 40.7. The number of nitrogens with one attached hydrogen (secondary N) is 1. The van der Waals surface area contributed by atoms with E-state index in [0.29, 0.717) is 25.0 Å². The molecule has 2 aliphatic rings. The van der Waals surface area contributed by atoms with E-state index in [-0.39, 0.29) is 17.3 Å². The highest BCUT2D eigenvalue weighted by molar-refractivity contribution is 7.89. The first-order valence-electron chi connectivity index (χ1n) is 7.98. The molecule has 1 atom stereocenters. The predicted octanol–water partition coefficient (Wildman–Crippen LogP) is 2.71. The van der Waals surface area contributed by atoms with Gasteiger partial charge in [0, 0.05) is 19.1 Å². The standard InChI is InChI=1S/C16H23FN2O2S.ClH/c1-12-4-5-14(17)16(11-12)22(20,21)19-9-6-13(7-10-19)15-3-2-8-18-15;/h4-5,11,13,15,18H,2-3,6-10H2,1H3;1H. The molecule has 2 saturated heterocycles. The molecular weight excluding hydrogens is 339 g/mol. The van der Waals surface area contributed by atoms with Crippen molar-refractivity contribution in [1.29, 1.82) is 0 Å². The molecule has 23 heavy (non-hydrogen) atoms. The zero-order valence-corrected chi connectivity index (χ0v) is 14.9. The van der Waals surface area contributed by atoms with E-state index in [9.17, 15) is 12.8 Å². The molecule has 2 aliphatic heterocycles. The number of hydrogen-bond donors (Lipinski definition) is 1. The Labute approximate surface area is 143 Å². The van der Waals surface area contributed by atoms with Gasteiger partial charge in [0.25, 0.3) is 0 Å². The van der Waals surface area contributed by atoms with E-state index in [0.717, 1.165) is 24.9 Å². The summed E-state index contributed by atoms with van der Waals surface area (Å²) in [6, 6.07) is 4.78. The summed E-state index contributed by atoms with van der Waals surface area (Å²) in [5.41, 5.74) is 0.755. The van der Waals surface area contributed by atoms with Gasteiger partial charge in [-0.2, -0.15) is 4.31 Å². The molecule has 0 amide bonds. The number of piperidine rings is 1. The lowest BCUT2D eigenvalue weighted by atomic mass is 9.89. The Balaban J connectivity index is 0.00000192. The highest BCUT2D eigenvalue weighted by Crippen LogP contribution is 2.29. The van der Waals surface area contributed by atoms with Crippen molar-refractivity contribution in [3.8, 4) is 0 Å². The van der Waals surface area contributed by atoms with Crippen LogP contribution in [0.1, 0.15) is 31.2 Å². The first kappa shape index (κ1) is 18.6. The molecule has 2 fully saturated rings. The smallest absolute Gasteiger partial charge is 0.245 e. The van der Waals surface area contributed by atoms with Gasteiger partial charge >= 0.3 is 0 Å². The molecule has 0 aliphatic carbocycles. The van der Waals surface area contributed by atoms with Crippen molar-refractivity contribution in [2.75, 3.05) is 19.6 Å². The maximum atomic E-state index is 13.9. The van der Waals surface area contributed by atoms with Crippen molar-refractivity contribution >= 4 is 22.4 Å². The average molecular weight is 363 g/mol. The Kier molecular flexibility index (Phi) is 6.05. The third-order valence-electron chi connectivity index (χ3n) is 4.87. The van der Waals surface area contributed by atoms with Gasteiger partial charge in [0.1, 0.15) is 10.7 Å². The minimum Gasteiger partial charge on any atom is -0.314 e. The van der Waals surface area contributed by atoms with Crippen LogP contribution in [0.3, 0.4) is 0 Å². The lowest BCUT2D eigenvalue weighted by Gasteiger charge is -2.34. The Bertz CT molecular complexity index is 639. The molecule has 1 aromatic rings. The summed E-state index contributed by atoms with van der Waals surface area (Å²) in [5.74, 6) is -0.124. The lowest BCUT2D eigenvalue weighted by Crippen LogP contribution is -2.43. The van der Waals surface area contributed by atoms with Crippen molar-refractivity contribution < 1.29 is 12.8 Å². The van der Waals surface area contributed by atoms with Crippen LogP contribution in [0, 0.1) is 18.7 Å². The van der Waals surface area contributed by atoms with E-state index >= 15 is 0 Å². The van der Waals surface area contributed by atoms with Gasteiger partial charge in [-0.1, -0.05) is 6.07 Å². The molecule has 0 spiro atoms. The fourth-order valence-electron chi connectivity index (χ4n) is 3.58.